The first-order chi connectivity index (χ1) is 14.1. The molecule has 0 atom stereocenters. The number of hydrogen-bond acceptors (Lipinski definition) is 3. The second-order valence-corrected chi connectivity index (χ2v) is 6.33. The molecular formula is C26H22O3. The van der Waals surface area contributed by atoms with E-state index in [9.17, 15) is 10.2 Å². The lowest BCUT2D eigenvalue weighted by molar-refractivity contribution is 0.475. The lowest BCUT2D eigenvalue weighted by atomic mass is 10.1. The van der Waals surface area contributed by atoms with E-state index >= 15 is 0 Å². The fraction of sp³-hybridized carbons (Fsp3) is 0. The number of phenolic OH excluding ortho intramolecular Hbond substituents is 3. The Balaban J connectivity index is 0.000000128. The van der Waals surface area contributed by atoms with E-state index in [0.29, 0.717) is 17.2 Å². The molecule has 0 aliphatic carbocycles. The Morgan fingerprint density at radius 3 is 1.10 bits per heavy atom. The maximum Gasteiger partial charge on any atom is 0.123 e. The van der Waals surface area contributed by atoms with E-state index in [4.69, 9.17) is 5.11 Å². The minimum Gasteiger partial charge on any atom is -0.508 e. The Labute approximate surface area is 169 Å². The summed E-state index contributed by atoms with van der Waals surface area (Å²) < 4.78 is 0. The molecule has 0 saturated carbocycles. The van der Waals surface area contributed by atoms with Crippen molar-refractivity contribution >= 4 is 21.5 Å². The summed E-state index contributed by atoms with van der Waals surface area (Å²) in [5.41, 5.74) is 0. The minimum absolute atomic E-state index is 0.322. The van der Waals surface area contributed by atoms with Crippen molar-refractivity contribution in [3.63, 3.8) is 0 Å². The van der Waals surface area contributed by atoms with Crippen molar-refractivity contribution in [2.24, 2.45) is 0 Å². The highest BCUT2D eigenvalue weighted by molar-refractivity contribution is 5.88. The van der Waals surface area contributed by atoms with Crippen LogP contribution in [0, 0.1) is 0 Å². The average Bonchev–Trinajstić information content (AvgIpc) is 2.76. The summed E-state index contributed by atoms with van der Waals surface area (Å²) >= 11 is 0. The summed E-state index contributed by atoms with van der Waals surface area (Å²) in [5, 5.41) is 31.4. The minimum atomic E-state index is 0.322. The smallest absolute Gasteiger partial charge is 0.123 e. The molecule has 0 amide bonds. The van der Waals surface area contributed by atoms with Crippen molar-refractivity contribution in [2.45, 2.75) is 0 Å². The van der Waals surface area contributed by atoms with Gasteiger partial charge in [0.05, 0.1) is 0 Å². The Hall–Kier alpha value is -3.98. The van der Waals surface area contributed by atoms with E-state index in [1.54, 1.807) is 36.4 Å². The van der Waals surface area contributed by atoms with Crippen LogP contribution in [0.5, 0.6) is 17.2 Å². The molecule has 3 nitrogen and oxygen atoms in total. The first kappa shape index (κ1) is 19.8. The second kappa shape index (κ2) is 9.81. The van der Waals surface area contributed by atoms with Crippen LogP contribution in [0.2, 0.25) is 0 Å². The molecular weight excluding hydrogens is 360 g/mol. The van der Waals surface area contributed by atoms with Crippen LogP contribution in [0.3, 0.4) is 0 Å². The summed E-state index contributed by atoms with van der Waals surface area (Å²) in [6, 6.07) is 35.3. The van der Waals surface area contributed by atoms with E-state index in [1.165, 1.54) is 0 Å². The van der Waals surface area contributed by atoms with Crippen molar-refractivity contribution in [1.29, 1.82) is 0 Å². The number of phenols is 3. The average molecular weight is 382 g/mol. The van der Waals surface area contributed by atoms with E-state index in [2.05, 4.69) is 0 Å². The fourth-order valence-electron chi connectivity index (χ4n) is 2.84. The van der Waals surface area contributed by atoms with Crippen molar-refractivity contribution < 1.29 is 15.3 Å². The molecule has 0 unspecified atom stereocenters. The van der Waals surface area contributed by atoms with Gasteiger partial charge in [-0.05, 0) is 35.0 Å². The van der Waals surface area contributed by atoms with E-state index in [1.807, 2.05) is 78.9 Å². The van der Waals surface area contributed by atoms with Crippen molar-refractivity contribution in [3.05, 3.63) is 115 Å². The third kappa shape index (κ3) is 5.50. The van der Waals surface area contributed by atoms with Gasteiger partial charge in [-0.15, -0.1) is 0 Å². The van der Waals surface area contributed by atoms with E-state index in [-0.39, 0.29) is 0 Å². The first-order valence-corrected chi connectivity index (χ1v) is 9.22. The van der Waals surface area contributed by atoms with Crippen LogP contribution in [0.1, 0.15) is 0 Å². The molecule has 0 radical (unpaired) electrons. The van der Waals surface area contributed by atoms with Crippen LogP contribution >= 0.6 is 0 Å². The van der Waals surface area contributed by atoms with Gasteiger partial charge in [-0.1, -0.05) is 91.0 Å². The molecule has 3 heteroatoms. The zero-order valence-electron chi connectivity index (χ0n) is 15.8. The maximum atomic E-state index is 9.37. The molecule has 0 aliphatic rings. The van der Waals surface area contributed by atoms with Crippen LogP contribution in [0.15, 0.2) is 115 Å². The molecule has 29 heavy (non-hydrogen) atoms. The van der Waals surface area contributed by atoms with Crippen LogP contribution in [0.4, 0.5) is 0 Å². The lowest BCUT2D eigenvalue weighted by Gasteiger charge is -1.97. The standard InChI is InChI=1S/2C10H8O.C6H6O/c2*11-10-7-3-5-8-4-1-2-6-9(8)10;7-6-4-2-1-3-5-6/h2*1-7,11H;1-5,7H. The highest BCUT2D eigenvalue weighted by atomic mass is 16.3. The Morgan fingerprint density at radius 2 is 0.724 bits per heavy atom. The van der Waals surface area contributed by atoms with Crippen LogP contribution in [-0.2, 0) is 0 Å². The molecule has 3 N–H and O–H groups in total. The number of para-hydroxylation sites is 1. The van der Waals surface area contributed by atoms with Crippen LogP contribution < -0.4 is 0 Å². The summed E-state index contributed by atoms with van der Waals surface area (Å²) in [6.45, 7) is 0. The molecule has 0 spiro atoms. The topological polar surface area (TPSA) is 60.7 Å². The number of rotatable bonds is 0. The van der Waals surface area contributed by atoms with Gasteiger partial charge in [0.2, 0.25) is 0 Å². The zero-order chi connectivity index (χ0) is 20.5. The summed E-state index contributed by atoms with van der Waals surface area (Å²) in [7, 11) is 0. The van der Waals surface area contributed by atoms with Gasteiger partial charge in [0.1, 0.15) is 17.2 Å². The molecule has 0 fully saturated rings. The largest absolute Gasteiger partial charge is 0.508 e. The maximum absolute atomic E-state index is 9.37. The fourth-order valence-corrected chi connectivity index (χ4v) is 2.84. The SMILES string of the molecule is Oc1cccc2ccccc12.Oc1cccc2ccccc12.Oc1ccccc1. The van der Waals surface area contributed by atoms with Gasteiger partial charge in [-0.25, -0.2) is 0 Å². The quantitative estimate of drug-likeness (QED) is 0.287. The Morgan fingerprint density at radius 1 is 0.345 bits per heavy atom. The second-order valence-electron chi connectivity index (χ2n) is 6.33. The number of hydrogen-bond donors (Lipinski definition) is 3. The van der Waals surface area contributed by atoms with Gasteiger partial charge in [0.15, 0.2) is 0 Å². The summed E-state index contributed by atoms with van der Waals surface area (Å²) in [6.07, 6.45) is 0. The third-order valence-corrected chi connectivity index (χ3v) is 4.29. The van der Waals surface area contributed by atoms with Gasteiger partial charge in [0.25, 0.3) is 0 Å². The number of benzene rings is 5. The lowest BCUT2D eigenvalue weighted by Crippen LogP contribution is -1.70. The highest BCUT2D eigenvalue weighted by Crippen LogP contribution is 2.23. The molecule has 0 aliphatic heterocycles. The molecule has 5 aromatic carbocycles. The third-order valence-electron chi connectivity index (χ3n) is 4.29. The van der Waals surface area contributed by atoms with Gasteiger partial charge in [0, 0.05) is 10.8 Å². The van der Waals surface area contributed by atoms with Gasteiger partial charge >= 0.3 is 0 Å². The monoisotopic (exact) mass is 382 g/mol. The Kier molecular flexibility index (Phi) is 6.69. The van der Waals surface area contributed by atoms with Gasteiger partial charge < -0.3 is 15.3 Å². The van der Waals surface area contributed by atoms with Crippen molar-refractivity contribution in [2.75, 3.05) is 0 Å². The summed E-state index contributed by atoms with van der Waals surface area (Å²) in [5.74, 6) is 1.02. The highest BCUT2D eigenvalue weighted by Gasteiger charge is 1.95. The van der Waals surface area contributed by atoms with Crippen molar-refractivity contribution in [1.82, 2.24) is 0 Å². The predicted molar refractivity (Wildman–Crippen MR) is 119 cm³/mol. The molecule has 0 heterocycles. The van der Waals surface area contributed by atoms with Gasteiger partial charge in [-0.3, -0.25) is 0 Å². The van der Waals surface area contributed by atoms with E-state index in [0.717, 1.165) is 21.5 Å². The predicted octanol–water partition coefficient (Wildman–Crippen LogP) is 6.48. The molecule has 144 valence electrons. The zero-order valence-corrected chi connectivity index (χ0v) is 15.8. The number of fused-ring (bicyclic) bond motifs is 2. The van der Waals surface area contributed by atoms with Crippen LogP contribution in [0.25, 0.3) is 21.5 Å². The normalized spacial score (nSPS) is 9.79. The van der Waals surface area contributed by atoms with Crippen molar-refractivity contribution in [3.8, 4) is 17.2 Å². The molecule has 0 saturated heterocycles. The first-order valence-electron chi connectivity index (χ1n) is 9.22. The van der Waals surface area contributed by atoms with E-state index < -0.39 is 0 Å². The summed E-state index contributed by atoms with van der Waals surface area (Å²) in [4.78, 5) is 0. The number of aromatic hydroxyl groups is 3. The molecule has 5 aromatic rings. The Bertz CT molecular complexity index is 1100. The molecule has 0 bridgehead atoms. The van der Waals surface area contributed by atoms with Crippen LogP contribution in [-0.4, -0.2) is 15.3 Å². The van der Waals surface area contributed by atoms with Gasteiger partial charge in [-0.2, -0.15) is 0 Å². The molecule has 0 aromatic heterocycles. The molecule has 5 rings (SSSR count).